The van der Waals surface area contributed by atoms with Gasteiger partial charge in [0.25, 0.3) is 0 Å². The lowest BCUT2D eigenvalue weighted by Gasteiger charge is -2.25. The molecule has 2 nitrogen and oxygen atoms in total. The topological polar surface area (TPSA) is 18.5 Å². The van der Waals surface area contributed by atoms with Gasteiger partial charge < -0.3 is 8.85 Å². The second kappa shape index (κ2) is 6.79. The minimum absolute atomic E-state index is 0.370. The third kappa shape index (κ3) is 5.57. The molecule has 0 fully saturated rings. The fourth-order valence-electron chi connectivity index (χ4n) is 1.48. The molecule has 19 heavy (non-hydrogen) atoms. The van der Waals surface area contributed by atoms with Gasteiger partial charge in [0, 0.05) is 6.42 Å². The molecule has 0 N–H and O–H groups in total. The molecule has 0 heterocycles. The summed E-state index contributed by atoms with van der Waals surface area (Å²) in [5.74, 6) is 2.11. The van der Waals surface area contributed by atoms with Gasteiger partial charge in [-0.2, -0.15) is 0 Å². The summed E-state index contributed by atoms with van der Waals surface area (Å²) in [6.07, 6.45) is 7.55. The minimum atomic E-state index is -0.552. The van der Waals surface area contributed by atoms with E-state index in [1.807, 2.05) is 0 Å². The Bertz CT molecular complexity index is 357. The first-order valence-electron chi connectivity index (χ1n) is 7.45. The normalized spacial score (nSPS) is 17.4. The maximum Gasteiger partial charge on any atom is 0.225 e. The zero-order chi connectivity index (χ0) is 14.5. The van der Waals surface area contributed by atoms with Gasteiger partial charge in [-0.1, -0.05) is 60.5 Å². The maximum atomic E-state index is 6.12. The summed E-state index contributed by atoms with van der Waals surface area (Å²) < 4.78 is 12.2. The Morgan fingerprint density at radius 2 is 1.53 bits per heavy atom. The number of hydrogen-bond donors (Lipinski definition) is 0. The highest BCUT2D eigenvalue weighted by Crippen LogP contribution is 2.32. The lowest BCUT2D eigenvalue weighted by Crippen LogP contribution is -2.17. The van der Waals surface area contributed by atoms with Crippen molar-refractivity contribution in [2.75, 3.05) is 0 Å². The van der Waals surface area contributed by atoms with E-state index in [0.29, 0.717) is 10.1 Å². The molecule has 0 saturated carbocycles. The molecule has 1 aliphatic rings. The Kier molecular flexibility index (Phi) is 5.92. The van der Waals surface area contributed by atoms with Crippen LogP contribution < -0.4 is 0 Å². The number of rotatable bonds is 8. The third-order valence-corrected chi connectivity index (χ3v) is 7.53. The van der Waals surface area contributed by atoms with E-state index in [1.54, 1.807) is 0 Å². The van der Waals surface area contributed by atoms with Crippen molar-refractivity contribution in [2.24, 2.45) is 0 Å². The molecule has 0 bridgehead atoms. The van der Waals surface area contributed by atoms with Gasteiger partial charge in [-0.25, -0.2) is 0 Å². The van der Waals surface area contributed by atoms with Gasteiger partial charge in [0.1, 0.15) is 11.5 Å². The molecule has 0 aromatic carbocycles. The van der Waals surface area contributed by atoms with Crippen molar-refractivity contribution >= 4 is 19.5 Å². The summed E-state index contributed by atoms with van der Waals surface area (Å²) in [6, 6.07) is 0. The van der Waals surface area contributed by atoms with E-state index in [1.165, 1.54) is 12.8 Å². The lowest BCUT2D eigenvalue weighted by molar-refractivity contribution is 0.355. The van der Waals surface area contributed by atoms with Crippen LogP contribution in [-0.2, 0) is 8.85 Å². The van der Waals surface area contributed by atoms with Crippen LogP contribution in [0.4, 0.5) is 0 Å². The van der Waals surface area contributed by atoms with E-state index in [2.05, 4.69) is 53.7 Å². The molecule has 110 valence electrons. The number of allylic oxidation sites excluding steroid dienone is 2. The first-order chi connectivity index (χ1) is 8.79. The smallest absolute Gasteiger partial charge is 0.225 e. The fourth-order valence-corrected chi connectivity index (χ4v) is 3.52. The van der Waals surface area contributed by atoms with Gasteiger partial charge in [0.05, 0.1) is 0 Å². The second-order valence-electron chi connectivity index (χ2n) is 7.01. The number of hydrogen-bond acceptors (Lipinski definition) is 2. The van der Waals surface area contributed by atoms with Crippen LogP contribution in [0.15, 0.2) is 23.7 Å². The quantitative estimate of drug-likeness (QED) is 0.638. The molecule has 0 atom stereocenters. The predicted octanol–water partition coefficient (Wildman–Crippen LogP) is 3.58. The maximum absolute atomic E-state index is 6.12. The molecular formula is C15H30O2Si2. The summed E-state index contributed by atoms with van der Waals surface area (Å²) in [5.41, 5.74) is 0. The van der Waals surface area contributed by atoms with Crippen molar-refractivity contribution in [3.8, 4) is 0 Å². The van der Waals surface area contributed by atoms with Crippen LogP contribution in [0.25, 0.3) is 0 Å². The van der Waals surface area contributed by atoms with Crippen LogP contribution in [0.3, 0.4) is 0 Å². The SMILES string of the molecule is CCC(C)(C)[SiH2]OC1=C(O[SiH2]C(C)(C)CC)CC=C1. The average molecular weight is 299 g/mol. The molecule has 0 radical (unpaired) electrons. The lowest BCUT2D eigenvalue weighted by atomic mass is 10.1. The van der Waals surface area contributed by atoms with E-state index in [-0.39, 0.29) is 0 Å². The summed E-state index contributed by atoms with van der Waals surface area (Å²) in [6.45, 7) is 13.7. The molecular weight excluding hydrogens is 268 g/mol. The largest absolute Gasteiger partial charge is 0.549 e. The van der Waals surface area contributed by atoms with Gasteiger partial charge in [-0.05, 0) is 16.2 Å². The van der Waals surface area contributed by atoms with E-state index in [9.17, 15) is 0 Å². The molecule has 0 aliphatic heterocycles. The van der Waals surface area contributed by atoms with Crippen LogP contribution in [0, 0.1) is 0 Å². The summed E-state index contributed by atoms with van der Waals surface area (Å²) in [7, 11) is -1.09. The predicted molar refractivity (Wildman–Crippen MR) is 88.7 cm³/mol. The molecule has 0 amide bonds. The summed E-state index contributed by atoms with van der Waals surface area (Å²) >= 11 is 0. The molecule has 0 spiro atoms. The van der Waals surface area contributed by atoms with Crippen LogP contribution in [0.5, 0.6) is 0 Å². The van der Waals surface area contributed by atoms with Crippen molar-refractivity contribution in [3.63, 3.8) is 0 Å². The zero-order valence-corrected chi connectivity index (χ0v) is 16.3. The van der Waals surface area contributed by atoms with Crippen LogP contribution in [-0.4, -0.2) is 19.5 Å². The molecule has 1 rings (SSSR count). The highest BCUT2D eigenvalue weighted by molar-refractivity contribution is 6.33. The average Bonchev–Trinajstić information content (AvgIpc) is 2.82. The van der Waals surface area contributed by atoms with Crippen LogP contribution >= 0.6 is 0 Å². The monoisotopic (exact) mass is 298 g/mol. The van der Waals surface area contributed by atoms with Crippen LogP contribution in [0.2, 0.25) is 10.1 Å². The van der Waals surface area contributed by atoms with Gasteiger partial charge in [-0.15, -0.1) is 0 Å². The Hall–Kier alpha value is -0.486. The van der Waals surface area contributed by atoms with Crippen molar-refractivity contribution in [1.29, 1.82) is 0 Å². The molecule has 0 aromatic rings. The highest BCUT2D eigenvalue weighted by Gasteiger charge is 2.22. The first kappa shape index (κ1) is 16.6. The van der Waals surface area contributed by atoms with E-state index in [4.69, 9.17) is 8.85 Å². The zero-order valence-electron chi connectivity index (χ0n) is 13.5. The molecule has 0 aromatic heterocycles. The van der Waals surface area contributed by atoms with Crippen molar-refractivity contribution in [1.82, 2.24) is 0 Å². The van der Waals surface area contributed by atoms with Gasteiger partial charge in [0.15, 0.2) is 0 Å². The highest BCUT2D eigenvalue weighted by atomic mass is 28.2. The van der Waals surface area contributed by atoms with Crippen molar-refractivity contribution < 1.29 is 8.85 Å². The fraction of sp³-hybridized carbons (Fsp3) is 0.733. The van der Waals surface area contributed by atoms with E-state index >= 15 is 0 Å². The van der Waals surface area contributed by atoms with Gasteiger partial charge in [0.2, 0.25) is 19.5 Å². The van der Waals surface area contributed by atoms with Gasteiger partial charge >= 0.3 is 0 Å². The third-order valence-electron chi connectivity index (χ3n) is 4.02. The van der Waals surface area contributed by atoms with Crippen molar-refractivity contribution in [3.05, 3.63) is 23.7 Å². The minimum Gasteiger partial charge on any atom is -0.549 e. The standard InChI is InChI=1S/C15H30O2Si2/c1-7-14(3,4)18-16-12-10-9-11-13(12)17-19-15(5,6)8-2/h9-10H,7-8,11,18-19H2,1-6H3. The Labute approximate surface area is 123 Å². The summed E-state index contributed by atoms with van der Waals surface area (Å²) in [5, 5.41) is 0.746. The Morgan fingerprint density at radius 1 is 1.00 bits per heavy atom. The molecule has 0 unspecified atom stereocenters. The van der Waals surface area contributed by atoms with Gasteiger partial charge in [-0.3, -0.25) is 0 Å². The molecule has 0 saturated heterocycles. The van der Waals surface area contributed by atoms with E-state index < -0.39 is 19.5 Å². The van der Waals surface area contributed by atoms with Crippen molar-refractivity contribution in [2.45, 2.75) is 70.9 Å². The van der Waals surface area contributed by atoms with Crippen LogP contribution in [0.1, 0.15) is 60.8 Å². The Balaban J connectivity index is 2.54. The summed E-state index contributed by atoms with van der Waals surface area (Å²) in [4.78, 5) is 0. The molecule has 1 aliphatic carbocycles. The van der Waals surface area contributed by atoms with E-state index in [0.717, 1.165) is 17.9 Å². The molecule has 4 heteroatoms. The Morgan fingerprint density at radius 3 is 2.05 bits per heavy atom. The second-order valence-corrected chi connectivity index (χ2v) is 12.0. The first-order valence-corrected chi connectivity index (χ1v) is 10.0.